The van der Waals surface area contributed by atoms with E-state index in [1.807, 2.05) is 6.07 Å². The van der Waals surface area contributed by atoms with E-state index in [0.717, 1.165) is 24.6 Å². The molecule has 1 aromatic carbocycles. The van der Waals surface area contributed by atoms with Gasteiger partial charge in [-0.15, -0.1) is 0 Å². The Labute approximate surface area is 99.2 Å². The Morgan fingerprint density at radius 1 is 1.53 bits per heavy atom. The Morgan fingerprint density at radius 3 is 2.88 bits per heavy atom. The summed E-state index contributed by atoms with van der Waals surface area (Å²) < 4.78 is 0. The second-order valence-corrected chi connectivity index (χ2v) is 4.26. The lowest BCUT2D eigenvalue weighted by molar-refractivity contribution is -0.385. The molecule has 0 radical (unpaired) electrons. The molecule has 0 amide bonds. The van der Waals surface area contributed by atoms with E-state index in [1.165, 1.54) is 25.0 Å². The third-order valence-electron chi connectivity index (χ3n) is 2.89. The van der Waals surface area contributed by atoms with Crippen molar-refractivity contribution in [2.75, 3.05) is 11.9 Å². The van der Waals surface area contributed by atoms with Gasteiger partial charge in [0.2, 0.25) is 0 Å². The smallest absolute Gasteiger partial charge is 0.287 e. The molecule has 0 aromatic heterocycles. The fourth-order valence-electron chi connectivity index (χ4n) is 1.72. The van der Waals surface area contributed by atoms with Crippen molar-refractivity contribution < 1.29 is 4.92 Å². The highest BCUT2D eigenvalue weighted by Crippen LogP contribution is 2.32. The molecule has 1 aromatic rings. The van der Waals surface area contributed by atoms with E-state index in [4.69, 9.17) is 5.26 Å². The Morgan fingerprint density at radius 2 is 2.29 bits per heavy atom. The quantitative estimate of drug-likeness (QED) is 0.624. The molecule has 0 spiro atoms. The molecule has 0 saturated heterocycles. The Kier molecular flexibility index (Phi) is 3.24. The van der Waals surface area contributed by atoms with Crippen LogP contribution in [0.3, 0.4) is 0 Å². The molecule has 1 fully saturated rings. The number of hydrogen-bond acceptors (Lipinski definition) is 4. The molecule has 1 saturated carbocycles. The van der Waals surface area contributed by atoms with E-state index >= 15 is 0 Å². The van der Waals surface area contributed by atoms with Gasteiger partial charge in [0, 0.05) is 18.3 Å². The van der Waals surface area contributed by atoms with Crippen LogP contribution in [0.5, 0.6) is 0 Å². The number of nitro groups is 1. The van der Waals surface area contributed by atoms with Crippen molar-refractivity contribution in [3.05, 3.63) is 33.9 Å². The number of nitrogens with one attached hydrogen (secondary N) is 1. The summed E-state index contributed by atoms with van der Waals surface area (Å²) in [5.74, 6) is 0.844. The molecule has 0 bridgehead atoms. The van der Waals surface area contributed by atoms with Crippen LogP contribution in [0.1, 0.15) is 24.8 Å². The number of nitro benzene ring substituents is 1. The number of nitrogens with zero attached hydrogens (tertiary/aromatic N) is 2. The van der Waals surface area contributed by atoms with Gasteiger partial charge in [0.05, 0.1) is 4.92 Å². The first-order valence-electron chi connectivity index (χ1n) is 5.63. The highest BCUT2D eigenvalue weighted by atomic mass is 16.6. The fourth-order valence-corrected chi connectivity index (χ4v) is 1.72. The summed E-state index contributed by atoms with van der Waals surface area (Å²) in [7, 11) is 0. The molecular formula is C12H13N3O2. The van der Waals surface area contributed by atoms with Crippen LogP contribution in [-0.2, 0) is 0 Å². The van der Waals surface area contributed by atoms with Crippen LogP contribution in [0.15, 0.2) is 18.2 Å². The van der Waals surface area contributed by atoms with Crippen molar-refractivity contribution >= 4 is 11.4 Å². The van der Waals surface area contributed by atoms with Gasteiger partial charge >= 0.3 is 0 Å². The van der Waals surface area contributed by atoms with Gasteiger partial charge in [-0.3, -0.25) is 10.1 Å². The van der Waals surface area contributed by atoms with Crippen molar-refractivity contribution in [2.24, 2.45) is 5.92 Å². The first-order chi connectivity index (χ1) is 8.20. The van der Waals surface area contributed by atoms with Gasteiger partial charge in [-0.1, -0.05) is 12.8 Å². The van der Waals surface area contributed by atoms with Gasteiger partial charge in [0.25, 0.3) is 5.69 Å². The molecule has 1 aliphatic carbocycles. The molecule has 2 rings (SSSR count). The maximum absolute atomic E-state index is 10.6. The molecule has 1 N–H and O–H groups in total. The minimum absolute atomic E-state index is 0.103. The van der Waals surface area contributed by atoms with E-state index in [1.54, 1.807) is 6.07 Å². The minimum Gasteiger partial charge on any atom is -0.385 e. The largest absolute Gasteiger partial charge is 0.385 e. The molecule has 88 valence electrons. The number of hydrogen-bond donors (Lipinski definition) is 1. The van der Waals surface area contributed by atoms with E-state index < -0.39 is 4.92 Å². The molecule has 1 aliphatic rings. The van der Waals surface area contributed by atoms with E-state index in [9.17, 15) is 10.1 Å². The summed E-state index contributed by atoms with van der Waals surface area (Å²) in [6.45, 7) is 0.855. The van der Waals surface area contributed by atoms with Gasteiger partial charge in [0.1, 0.15) is 11.6 Å². The van der Waals surface area contributed by atoms with Crippen LogP contribution in [0.25, 0.3) is 0 Å². The van der Waals surface area contributed by atoms with Crippen LogP contribution in [0.2, 0.25) is 0 Å². The Balaban J connectivity index is 2.02. The summed E-state index contributed by atoms with van der Waals surface area (Å²) in [4.78, 5) is 10.1. The second-order valence-electron chi connectivity index (χ2n) is 4.26. The maximum atomic E-state index is 10.6. The molecule has 0 aliphatic heterocycles. The fraction of sp³-hybridized carbons (Fsp3) is 0.417. The summed E-state index contributed by atoms with van der Waals surface area (Å²) in [6, 6.07) is 6.40. The summed E-state index contributed by atoms with van der Waals surface area (Å²) in [5, 5.41) is 22.7. The first-order valence-corrected chi connectivity index (χ1v) is 5.63. The number of anilines is 1. The zero-order valence-corrected chi connectivity index (χ0v) is 9.35. The Bertz CT molecular complexity index is 475. The lowest BCUT2D eigenvalue weighted by Crippen LogP contribution is -2.03. The molecule has 0 heterocycles. The lowest BCUT2D eigenvalue weighted by Gasteiger charge is -2.05. The molecule has 5 nitrogen and oxygen atoms in total. The van der Waals surface area contributed by atoms with Crippen LogP contribution in [-0.4, -0.2) is 11.5 Å². The van der Waals surface area contributed by atoms with Crippen molar-refractivity contribution in [2.45, 2.75) is 19.3 Å². The predicted molar refractivity (Wildman–Crippen MR) is 63.6 cm³/mol. The van der Waals surface area contributed by atoms with Crippen molar-refractivity contribution in [3.63, 3.8) is 0 Å². The normalized spacial score (nSPS) is 14.1. The van der Waals surface area contributed by atoms with Gasteiger partial charge in [-0.2, -0.15) is 5.26 Å². The highest BCUT2D eigenvalue weighted by Gasteiger charge is 2.20. The highest BCUT2D eigenvalue weighted by molar-refractivity contribution is 5.58. The molecule has 0 unspecified atom stereocenters. The Hall–Kier alpha value is -2.09. The summed E-state index contributed by atoms with van der Waals surface area (Å²) in [5.41, 5.74) is 0.736. The molecule has 0 atom stereocenters. The molecule has 17 heavy (non-hydrogen) atoms. The van der Waals surface area contributed by atoms with Crippen LogP contribution in [0.4, 0.5) is 11.4 Å². The SMILES string of the molecule is N#Cc1cc(NCCC2CC2)ccc1[N+](=O)[O-]. The second kappa shape index (κ2) is 4.83. The van der Waals surface area contributed by atoms with Crippen molar-refractivity contribution in [1.82, 2.24) is 0 Å². The first kappa shape index (κ1) is 11.4. The average molecular weight is 231 g/mol. The number of nitriles is 1. The molecular weight excluding hydrogens is 218 g/mol. The van der Waals surface area contributed by atoms with Gasteiger partial charge in [0.15, 0.2) is 0 Å². The van der Waals surface area contributed by atoms with Gasteiger partial charge in [-0.25, -0.2) is 0 Å². The van der Waals surface area contributed by atoms with Gasteiger partial charge in [-0.05, 0) is 24.5 Å². The van der Waals surface area contributed by atoms with E-state index in [0.29, 0.717) is 0 Å². The monoisotopic (exact) mass is 231 g/mol. The standard InChI is InChI=1S/C12H13N3O2/c13-8-10-7-11(3-4-12(10)15(16)17)14-6-5-9-1-2-9/h3-4,7,9,14H,1-2,5-6H2. The van der Waals surface area contributed by atoms with E-state index in [-0.39, 0.29) is 11.3 Å². The van der Waals surface area contributed by atoms with Crippen LogP contribution in [0, 0.1) is 27.4 Å². The number of rotatable bonds is 5. The van der Waals surface area contributed by atoms with Gasteiger partial charge < -0.3 is 5.32 Å². The molecule has 5 heteroatoms. The summed E-state index contributed by atoms with van der Waals surface area (Å²) in [6.07, 6.45) is 3.75. The van der Waals surface area contributed by atoms with Crippen LogP contribution < -0.4 is 5.32 Å². The summed E-state index contributed by atoms with van der Waals surface area (Å²) >= 11 is 0. The zero-order chi connectivity index (χ0) is 12.3. The topological polar surface area (TPSA) is 79.0 Å². The van der Waals surface area contributed by atoms with E-state index in [2.05, 4.69) is 5.32 Å². The maximum Gasteiger partial charge on any atom is 0.287 e. The minimum atomic E-state index is -0.535. The third-order valence-corrected chi connectivity index (χ3v) is 2.89. The zero-order valence-electron chi connectivity index (χ0n) is 9.35. The van der Waals surface area contributed by atoms with Crippen LogP contribution >= 0.6 is 0 Å². The lowest BCUT2D eigenvalue weighted by atomic mass is 10.1. The average Bonchev–Trinajstić information content (AvgIpc) is 3.12. The predicted octanol–water partition coefficient (Wildman–Crippen LogP) is 2.68. The van der Waals surface area contributed by atoms with Crippen molar-refractivity contribution in [3.8, 4) is 6.07 Å². The number of benzene rings is 1. The van der Waals surface area contributed by atoms with Crippen molar-refractivity contribution in [1.29, 1.82) is 5.26 Å². The third kappa shape index (κ3) is 2.94.